The highest BCUT2D eigenvalue weighted by atomic mass is 16.4. The Morgan fingerprint density at radius 1 is 1.44 bits per heavy atom. The molecule has 0 bridgehead atoms. The fourth-order valence-electron chi connectivity index (χ4n) is 1.38. The molecule has 1 amide bonds. The van der Waals surface area contributed by atoms with Crippen molar-refractivity contribution in [2.75, 3.05) is 5.32 Å². The topological polar surface area (TPSA) is 105 Å². The number of pyridine rings is 1. The molecule has 6 nitrogen and oxygen atoms in total. The number of nitrogens with zero attached hydrogens (tertiary/aromatic N) is 1. The van der Waals surface area contributed by atoms with Crippen LogP contribution in [0.4, 0.5) is 5.69 Å². The molecule has 0 spiro atoms. The zero-order chi connectivity index (χ0) is 13.8. The van der Waals surface area contributed by atoms with Crippen LogP contribution in [-0.2, 0) is 16.0 Å². The number of carbonyl (C=O) groups is 2. The molecule has 1 heterocycles. The van der Waals surface area contributed by atoms with Crippen molar-refractivity contribution in [1.29, 1.82) is 0 Å². The smallest absolute Gasteiger partial charge is 0.309 e. The number of carboxylic acids is 1. The first-order valence-corrected chi connectivity index (χ1v) is 5.52. The van der Waals surface area contributed by atoms with Crippen molar-refractivity contribution < 1.29 is 14.7 Å². The predicted octanol–water partition coefficient (Wildman–Crippen LogP) is 0.775. The lowest BCUT2D eigenvalue weighted by atomic mass is 10.0. The van der Waals surface area contributed by atoms with Crippen molar-refractivity contribution in [3.8, 4) is 0 Å². The van der Waals surface area contributed by atoms with Crippen molar-refractivity contribution in [3.05, 3.63) is 24.0 Å². The lowest BCUT2D eigenvalue weighted by Gasteiger charge is -2.17. The highest BCUT2D eigenvalue weighted by Gasteiger charge is 2.16. The Morgan fingerprint density at radius 3 is 2.56 bits per heavy atom. The number of rotatable bonds is 5. The highest BCUT2D eigenvalue weighted by molar-refractivity contribution is 5.91. The summed E-state index contributed by atoms with van der Waals surface area (Å²) < 4.78 is 0. The van der Waals surface area contributed by atoms with Crippen LogP contribution in [0.2, 0.25) is 0 Å². The van der Waals surface area contributed by atoms with Crippen LogP contribution in [0.5, 0.6) is 0 Å². The molecule has 0 atom stereocenters. The number of carboxylic acid groups (broad SMARTS) is 1. The van der Waals surface area contributed by atoms with E-state index in [0.717, 1.165) is 0 Å². The minimum atomic E-state index is -0.941. The van der Waals surface area contributed by atoms with Crippen LogP contribution in [-0.4, -0.2) is 27.5 Å². The van der Waals surface area contributed by atoms with Gasteiger partial charge in [-0.25, -0.2) is 0 Å². The van der Waals surface area contributed by atoms with E-state index in [1.165, 1.54) is 6.20 Å². The first-order valence-electron chi connectivity index (χ1n) is 5.52. The maximum Gasteiger partial charge on any atom is 0.309 e. The SMILES string of the molecule is CC(C)(N)CC(=O)Nc1ccc(CC(=O)O)nc1. The number of aliphatic carboxylic acids is 1. The Hall–Kier alpha value is -1.95. The lowest BCUT2D eigenvalue weighted by Crippen LogP contribution is -2.36. The van der Waals surface area contributed by atoms with E-state index in [4.69, 9.17) is 10.8 Å². The van der Waals surface area contributed by atoms with Gasteiger partial charge in [0.15, 0.2) is 0 Å². The summed E-state index contributed by atoms with van der Waals surface area (Å²) in [5.41, 5.74) is 6.13. The summed E-state index contributed by atoms with van der Waals surface area (Å²) in [7, 11) is 0. The Labute approximate surface area is 105 Å². The van der Waals surface area contributed by atoms with Gasteiger partial charge in [-0.15, -0.1) is 0 Å². The molecule has 6 heteroatoms. The minimum absolute atomic E-state index is 0.135. The molecule has 0 aromatic carbocycles. The van der Waals surface area contributed by atoms with Crippen molar-refractivity contribution in [2.45, 2.75) is 32.2 Å². The van der Waals surface area contributed by atoms with Gasteiger partial charge < -0.3 is 16.2 Å². The minimum Gasteiger partial charge on any atom is -0.481 e. The highest BCUT2D eigenvalue weighted by Crippen LogP contribution is 2.10. The fourth-order valence-corrected chi connectivity index (χ4v) is 1.38. The van der Waals surface area contributed by atoms with Gasteiger partial charge in [0.1, 0.15) is 0 Å². The lowest BCUT2D eigenvalue weighted by molar-refractivity contribution is -0.136. The summed E-state index contributed by atoms with van der Waals surface area (Å²) in [6.07, 6.45) is 1.49. The third-order valence-electron chi connectivity index (χ3n) is 2.06. The molecule has 98 valence electrons. The van der Waals surface area contributed by atoms with Crippen LogP contribution in [0.25, 0.3) is 0 Å². The summed E-state index contributed by atoms with van der Waals surface area (Å²) in [6.45, 7) is 3.53. The summed E-state index contributed by atoms with van der Waals surface area (Å²) in [5.74, 6) is -1.14. The van der Waals surface area contributed by atoms with Gasteiger partial charge in [-0.3, -0.25) is 14.6 Å². The molecule has 0 saturated heterocycles. The van der Waals surface area contributed by atoms with Gasteiger partial charge in [-0.1, -0.05) is 0 Å². The van der Waals surface area contributed by atoms with E-state index >= 15 is 0 Å². The van der Waals surface area contributed by atoms with Gasteiger partial charge in [-0.05, 0) is 26.0 Å². The number of nitrogens with two attached hydrogens (primary N) is 1. The number of hydrogen-bond donors (Lipinski definition) is 3. The van der Waals surface area contributed by atoms with E-state index in [-0.39, 0.29) is 18.7 Å². The molecule has 0 aliphatic heterocycles. The van der Waals surface area contributed by atoms with E-state index in [9.17, 15) is 9.59 Å². The maximum absolute atomic E-state index is 11.6. The van der Waals surface area contributed by atoms with Crippen LogP contribution in [0.1, 0.15) is 26.0 Å². The molecule has 0 radical (unpaired) electrons. The Bertz CT molecular complexity index is 435. The summed E-state index contributed by atoms with van der Waals surface area (Å²) >= 11 is 0. The van der Waals surface area contributed by atoms with Gasteiger partial charge in [0.05, 0.1) is 24.0 Å². The van der Waals surface area contributed by atoms with E-state index in [2.05, 4.69) is 10.3 Å². The van der Waals surface area contributed by atoms with Crippen LogP contribution < -0.4 is 11.1 Å². The average molecular weight is 251 g/mol. The van der Waals surface area contributed by atoms with Crippen molar-refractivity contribution in [1.82, 2.24) is 4.98 Å². The van der Waals surface area contributed by atoms with Gasteiger partial charge in [0, 0.05) is 12.0 Å². The van der Waals surface area contributed by atoms with Gasteiger partial charge in [-0.2, -0.15) is 0 Å². The first kappa shape index (κ1) is 14.1. The predicted molar refractivity (Wildman–Crippen MR) is 67.1 cm³/mol. The number of anilines is 1. The standard InChI is InChI=1S/C12H17N3O3/c1-12(2,13)6-10(16)15-9-4-3-8(14-7-9)5-11(17)18/h3-4,7H,5-6,13H2,1-2H3,(H,15,16)(H,17,18). The first-order chi connectivity index (χ1) is 8.26. The van der Waals surface area contributed by atoms with Crippen molar-refractivity contribution in [2.24, 2.45) is 5.73 Å². The van der Waals surface area contributed by atoms with Crippen LogP contribution in [0, 0.1) is 0 Å². The van der Waals surface area contributed by atoms with E-state index < -0.39 is 11.5 Å². The number of aromatic nitrogens is 1. The molecule has 0 unspecified atom stereocenters. The summed E-state index contributed by atoms with van der Waals surface area (Å²) in [6, 6.07) is 3.18. The zero-order valence-electron chi connectivity index (χ0n) is 10.4. The van der Waals surface area contributed by atoms with E-state index in [0.29, 0.717) is 11.4 Å². The Balaban J connectivity index is 2.58. The Morgan fingerprint density at radius 2 is 2.11 bits per heavy atom. The fraction of sp³-hybridized carbons (Fsp3) is 0.417. The molecular formula is C12H17N3O3. The second-order valence-electron chi connectivity index (χ2n) is 4.82. The number of carbonyl (C=O) groups excluding carboxylic acids is 1. The molecule has 1 rings (SSSR count). The summed E-state index contributed by atoms with van der Waals surface area (Å²) in [5, 5.41) is 11.2. The molecule has 1 aromatic heterocycles. The molecular weight excluding hydrogens is 234 g/mol. The average Bonchev–Trinajstić information content (AvgIpc) is 2.17. The molecule has 0 fully saturated rings. The largest absolute Gasteiger partial charge is 0.481 e. The number of amides is 1. The second-order valence-corrected chi connectivity index (χ2v) is 4.82. The maximum atomic E-state index is 11.6. The van der Waals surface area contributed by atoms with Crippen molar-refractivity contribution >= 4 is 17.6 Å². The molecule has 4 N–H and O–H groups in total. The third-order valence-corrected chi connectivity index (χ3v) is 2.06. The molecule has 18 heavy (non-hydrogen) atoms. The van der Waals surface area contributed by atoms with E-state index in [1.807, 2.05) is 0 Å². The van der Waals surface area contributed by atoms with Crippen molar-refractivity contribution in [3.63, 3.8) is 0 Å². The van der Waals surface area contributed by atoms with Gasteiger partial charge in [0.25, 0.3) is 0 Å². The van der Waals surface area contributed by atoms with Gasteiger partial charge in [0.2, 0.25) is 5.91 Å². The molecule has 1 aromatic rings. The van der Waals surface area contributed by atoms with Crippen LogP contribution in [0.15, 0.2) is 18.3 Å². The zero-order valence-corrected chi connectivity index (χ0v) is 10.4. The molecule has 0 aliphatic carbocycles. The van der Waals surface area contributed by atoms with Crippen LogP contribution >= 0.6 is 0 Å². The second kappa shape index (κ2) is 5.59. The van der Waals surface area contributed by atoms with E-state index in [1.54, 1.807) is 26.0 Å². The third kappa shape index (κ3) is 5.40. The summed E-state index contributed by atoms with van der Waals surface area (Å²) in [4.78, 5) is 26.0. The number of nitrogens with one attached hydrogen (secondary N) is 1. The van der Waals surface area contributed by atoms with Crippen LogP contribution in [0.3, 0.4) is 0 Å². The normalized spacial score (nSPS) is 11.1. The van der Waals surface area contributed by atoms with Gasteiger partial charge >= 0.3 is 5.97 Å². The molecule has 0 saturated carbocycles. The quantitative estimate of drug-likeness (QED) is 0.717. The number of hydrogen-bond acceptors (Lipinski definition) is 4. The Kier molecular flexibility index (Phi) is 4.38. The molecule has 0 aliphatic rings. The monoisotopic (exact) mass is 251 g/mol.